The van der Waals surface area contributed by atoms with Crippen molar-refractivity contribution in [3.63, 3.8) is 0 Å². The third-order valence-corrected chi connectivity index (χ3v) is 4.22. The van der Waals surface area contributed by atoms with Crippen molar-refractivity contribution in [2.45, 2.75) is 0 Å². The van der Waals surface area contributed by atoms with E-state index in [0.717, 1.165) is 6.26 Å². The molecule has 2 aromatic rings. The van der Waals surface area contributed by atoms with Crippen LogP contribution >= 0.6 is 22.9 Å². The van der Waals surface area contributed by atoms with E-state index >= 15 is 0 Å². The molecule has 19 heavy (non-hydrogen) atoms. The van der Waals surface area contributed by atoms with Gasteiger partial charge in [-0.2, -0.15) is 0 Å². The van der Waals surface area contributed by atoms with Crippen LogP contribution in [0.2, 0.25) is 5.02 Å². The van der Waals surface area contributed by atoms with Gasteiger partial charge in [0, 0.05) is 11.3 Å². The van der Waals surface area contributed by atoms with E-state index in [9.17, 15) is 13.2 Å². The van der Waals surface area contributed by atoms with Gasteiger partial charge in [0.15, 0.2) is 0 Å². The molecule has 1 aromatic heterocycles. The smallest absolute Gasteiger partial charge is 0.229 e. The minimum Gasteiger partial charge on any atom is -0.288 e. The number of sulfonamides is 1. The van der Waals surface area contributed by atoms with Crippen molar-refractivity contribution in [3.8, 4) is 0 Å². The third-order valence-electron chi connectivity index (χ3n) is 2.27. The zero-order valence-corrected chi connectivity index (χ0v) is 12.3. The summed E-state index contributed by atoms with van der Waals surface area (Å²) in [7, 11) is -3.31. The third kappa shape index (κ3) is 3.56. The Morgan fingerprint density at radius 2 is 1.84 bits per heavy atom. The van der Waals surface area contributed by atoms with Gasteiger partial charge in [0.25, 0.3) is 0 Å². The molecule has 1 N–H and O–H groups in total. The fourth-order valence-electron chi connectivity index (χ4n) is 1.49. The minimum atomic E-state index is -3.31. The number of halogens is 1. The average molecular weight is 316 g/mol. The summed E-state index contributed by atoms with van der Waals surface area (Å²) in [4.78, 5) is 12.6. The van der Waals surface area contributed by atoms with E-state index in [1.807, 2.05) is 0 Å². The number of benzene rings is 1. The molecule has 1 aromatic carbocycles. The highest BCUT2D eigenvalue weighted by atomic mass is 35.5. The molecule has 0 amide bonds. The van der Waals surface area contributed by atoms with Crippen molar-refractivity contribution < 1.29 is 13.2 Å². The van der Waals surface area contributed by atoms with E-state index in [4.69, 9.17) is 11.6 Å². The van der Waals surface area contributed by atoms with Gasteiger partial charge in [-0.25, -0.2) is 8.42 Å². The molecule has 2 rings (SSSR count). The standard InChI is InChI=1S/C12H10ClNO3S2/c1-19(16,17)14-9-4-2-8(3-5-9)11(15)12-10(13)6-7-18-12/h2-7,14H,1H3. The van der Waals surface area contributed by atoms with Crippen LogP contribution in [0.5, 0.6) is 0 Å². The summed E-state index contributed by atoms with van der Waals surface area (Å²) >= 11 is 7.17. The molecule has 0 unspecified atom stereocenters. The van der Waals surface area contributed by atoms with Gasteiger partial charge in [0.1, 0.15) is 0 Å². The number of hydrogen-bond donors (Lipinski definition) is 1. The molecule has 4 nitrogen and oxygen atoms in total. The lowest BCUT2D eigenvalue weighted by Crippen LogP contribution is -2.09. The molecule has 0 spiro atoms. The van der Waals surface area contributed by atoms with Gasteiger partial charge in [-0.3, -0.25) is 9.52 Å². The number of nitrogens with one attached hydrogen (secondary N) is 1. The average Bonchev–Trinajstić information content (AvgIpc) is 2.73. The maximum absolute atomic E-state index is 12.1. The molecular weight excluding hydrogens is 306 g/mol. The van der Waals surface area contributed by atoms with Crippen molar-refractivity contribution in [2.24, 2.45) is 0 Å². The molecule has 0 aliphatic rings. The predicted octanol–water partition coefficient (Wildman–Crippen LogP) is 3.00. The summed E-state index contributed by atoms with van der Waals surface area (Å²) < 4.78 is 24.4. The number of carbonyl (C=O) groups is 1. The van der Waals surface area contributed by atoms with Crippen LogP contribution in [-0.4, -0.2) is 20.5 Å². The van der Waals surface area contributed by atoms with Gasteiger partial charge in [-0.15, -0.1) is 11.3 Å². The van der Waals surface area contributed by atoms with Gasteiger partial charge in [0.2, 0.25) is 15.8 Å². The maximum Gasteiger partial charge on any atom is 0.229 e. The normalized spacial score (nSPS) is 11.3. The Morgan fingerprint density at radius 1 is 1.21 bits per heavy atom. The Labute approximate surface area is 120 Å². The zero-order chi connectivity index (χ0) is 14.0. The Bertz CT molecular complexity index is 705. The number of anilines is 1. The summed E-state index contributed by atoms with van der Waals surface area (Å²) in [6, 6.07) is 7.86. The molecule has 1 heterocycles. The largest absolute Gasteiger partial charge is 0.288 e. The quantitative estimate of drug-likeness (QED) is 0.882. The first-order valence-corrected chi connectivity index (χ1v) is 8.37. The Balaban J connectivity index is 2.24. The SMILES string of the molecule is CS(=O)(=O)Nc1ccc(C(=O)c2sccc2Cl)cc1. The van der Waals surface area contributed by atoms with Crippen LogP contribution in [0.3, 0.4) is 0 Å². The fourth-order valence-corrected chi connectivity index (χ4v) is 3.16. The van der Waals surface area contributed by atoms with E-state index < -0.39 is 10.0 Å². The van der Waals surface area contributed by atoms with Crippen molar-refractivity contribution in [1.82, 2.24) is 0 Å². The fraction of sp³-hybridized carbons (Fsp3) is 0.0833. The van der Waals surface area contributed by atoms with Crippen LogP contribution < -0.4 is 4.72 Å². The van der Waals surface area contributed by atoms with Crippen LogP contribution in [0.4, 0.5) is 5.69 Å². The molecule has 0 bridgehead atoms. The van der Waals surface area contributed by atoms with Gasteiger partial charge in [-0.1, -0.05) is 11.6 Å². The van der Waals surface area contributed by atoms with Crippen LogP contribution in [0.1, 0.15) is 15.2 Å². The molecule has 0 radical (unpaired) electrons. The monoisotopic (exact) mass is 315 g/mol. The van der Waals surface area contributed by atoms with E-state index in [1.54, 1.807) is 23.6 Å². The van der Waals surface area contributed by atoms with Crippen LogP contribution in [0.15, 0.2) is 35.7 Å². The second-order valence-corrected chi connectivity index (χ2v) is 6.95. The maximum atomic E-state index is 12.1. The van der Waals surface area contributed by atoms with E-state index in [2.05, 4.69) is 4.72 Å². The molecule has 0 aliphatic heterocycles. The summed E-state index contributed by atoms with van der Waals surface area (Å²) in [6.45, 7) is 0. The molecule has 100 valence electrons. The molecule has 0 saturated heterocycles. The van der Waals surface area contributed by atoms with Gasteiger partial charge in [0.05, 0.1) is 16.2 Å². The first kappa shape index (κ1) is 14.0. The van der Waals surface area contributed by atoms with Crippen molar-refractivity contribution in [3.05, 3.63) is 51.2 Å². The zero-order valence-electron chi connectivity index (χ0n) is 9.88. The van der Waals surface area contributed by atoms with Crippen LogP contribution in [-0.2, 0) is 10.0 Å². The van der Waals surface area contributed by atoms with Crippen LogP contribution in [0, 0.1) is 0 Å². The van der Waals surface area contributed by atoms with Crippen LogP contribution in [0.25, 0.3) is 0 Å². The number of ketones is 1. The van der Waals surface area contributed by atoms with Gasteiger partial charge < -0.3 is 0 Å². The molecule has 0 atom stereocenters. The number of carbonyl (C=O) groups excluding carboxylic acids is 1. The summed E-state index contributed by atoms with van der Waals surface area (Å²) in [6.07, 6.45) is 1.07. The minimum absolute atomic E-state index is 0.175. The number of rotatable bonds is 4. The molecule has 0 fully saturated rings. The highest BCUT2D eigenvalue weighted by Gasteiger charge is 2.14. The summed E-state index contributed by atoms with van der Waals surface area (Å²) in [5.41, 5.74) is 0.875. The number of hydrogen-bond acceptors (Lipinski definition) is 4. The van der Waals surface area contributed by atoms with Gasteiger partial charge >= 0.3 is 0 Å². The first-order valence-electron chi connectivity index (χ1n) is 5.22. The van der Waals surface area contributed by atoms with E-state index in [1.165, 1.54) is 23.5 Å². The highest BCUT2D eigenvalue weighted by Crippen LogP contribution is 2.25. The van der Waals surface area contributed by atoms with E-state index in [0.29, 0.717) is 21.2 Å². The molecule has 0 saturated carbocycles. The summed E-state index contributed by atoms with van der Waals surface area (Å²) in [5, 5.41) is 2.17. The topological polar surface area (TPSA) is 63.2 Å². The van der Waals surface area contributed by atoms with Crippen molar-refractivity contribution in [1.29, 1.82) is 0 Å². The molecule has 0 aliphatic carbocycles. The van der Waals surface area contributed by atoms with Crippen molar-refractivity contribution in [2.75, 3.05) is 11.0 Å². The second kappa shape index (κ2) is 5.32. The summed E-state index contributed by atoms with van der Waals surface area (Å²) in [5.74, 6) is -0.175. The molecular formula is C12H10ClNO3S2. The molecule has 7 heteroatoms. The first-order chi connectivity index (χ1) is 8.87. The van der Waals surface area contributed by atoms with E-state index in [-0.39, 0.29) is 5.78 Å². The predicted molar refractivity (Wildman–Crippen MR) is 77.7 cm³/mol. The lowest BCUT2D eigenvalue weighted by Gasteiger charge is -2.04. The van der Waals surface area contributed by atoms with Gasteiger partial charge in [-0.05, 0) is 35.7 Å². The second-order valence-electron chi connectivity index (χ2n) is 3.88. The lowest BCUT2D eigenvalue weighted by molar-refractivity contribution is 0.104. The number of thiophene rings is 1. The lowest BCUT2D eigenvalue weighted by atomic mass is 10.1. The Hall–Kier alpha value is -1.37. The van der Waals surface area contributed by atoms with Crippen molar-refractivity contribution >= 4 is 44.4 Å². The Morgan fingerprint density at radius 3 is 2.32 bits per heavy atom. The highest BCUT2D eigenvalue weighted by molar-refractivity contribution is 7.92. The Kier molecular flexibility index (Phi) is 3.93.